The number of nitrogens with zero attached hydrogens (tertiary/aromatic N) is 2. The summed E-state index contributed by atoms with van der Waals surface area (Å²) in [7, 11) is 0. The third-order valence-corrected chi connectivity index (χ3v) is 5.99. The van der Waals surface area contributed by atoms with E-state index in [2.05, 4.69) is 10.3 Å². The Balaban J connectivity index is 1.62. The quantitative estimate of drug-likeness (QED) is 0.826. The van der Waals surface area contributed by atoms with Gasteiger partial charge >= 0.3 is 6.03 Å². The summed E-state index contributed by atoms with van der Waals surface area (Å²) in [6.45, 7) is 3.61. The molecule has 2 amide bonds. The lowest BCUT2D eigenvalue weighted by atomic mass is 9.98. The smallest absolute Gasteiger partial charge is 0.321 e. The average Bonchev–Trinajstić information content (AvgIpc) is 3.11. The van der Waals surface area contributed by atoms with Gasteiger partial charge in [-0.2, -0.15) is 0 Å². The van der Waals surface area contributed by atoms with E-state index in [4.69, 9.17) is 0 Å². The number of aryl methyl sites for hydroxylation is 1. The second-order valence-electron chi connectivity index (χ2n) is 5.71. The molecule has 2 heterocycles. The molecule has 1 fully saturated rings. The van der Waals surface area contributed by atoms with Crippen LogP contribution in [0.4, 0.5) is 10.5 Å². The van der Waals surface area contributed by atoms with E-state index < -0.39 is 0 Å². The normalized spacial score (nSPS) is 15.7. The molecule has 1 N–H and O–H groups in total. The van der Waals surface area contributed by atoms with Gasteiger partial charge < -0.3 is 10.2 Å². The summed E-state index contributed by atoms with van der Waals surface area (Å²) < 4.78 is 0. The summed E-state index contributed by atoms with van der Waals surface area (Å²) in [5.41, 5.74) is 2.04. The number of piperidine rings is 1. The molecule has 1 aromatic carbocycles. The van der Waals surface area contributed by atoms with Crippen molar-refractivity contribution in [1.29, 1.82) is 0 Å². The Morgan fingerprint density at radius 1 is 1.39 bits per heavy atom. The SMILES string of the molecule is CSc1cccc(C)c1NC(=O)N1CCC(c2nccs2)CC1. The Morgan fingerprint density at radius 2 is 2.17 bits per heavy atom. The topological polar surface area (TPSA) is 45.2 Å². The van der Waals surface area contributed by atoms with E-state index >= 15 is 0 Å². The number of hydrogen-bond acceptors (Lipinski definition) is 4. The molecule has 0 saturated carbocycles. The lowest BCUT2D eigenvalue weighted by Crippen LogP contribution is -2.40. The summed E-state index contributed by atoms with van der Waals surface area (Å²) in [5, 5.41) is 6.33. The summed E-state index contributed by atoms with van der Waals surface area (Å²) in [6, 6.07) is 6.11. The first kappa shape index (κ1) is 16.3. The number of urea groups is 1. The Morgan fingerprint density at radius 3 is 2.83 bits per heavy atom. The highest BCUT2D eigenvalue weighted by Crippen LogP contribution is 2.31. The van der Waals surface area contributed by atoms with Crippen molar-refractivity contribution in [2.24, 2.45) is 0 Å². The maximum absolute atomic E-state index is 12.6. The number of carbonyl (C=O) groups is 1. The largest absolute Gasteiger partial charge is 0.324 e. The first-order valence-electron chi connectivity index (χ1n) is 7.78. The lowest BCUT2D eigenvalue weighted by molar-refractivity contribution is 0.194. The van der Waals surface area contributed by atoms with Crippen LogP contribution in [0.2, 0.25) is 0 Å². The van der Waals surface area contributed by atoms with Gasteiger partial charge in [-0.25, -0.2) is 9.78 Å². The number of amides is 2. The van der Waals surface area contributed by atoms with Crippen LogP contribution in [0, 0.1) is 6.92 Å². The number of likely N-dealkylation sites (tertiary alicyclic amines) is 1. The molecule has 1 aliphatic heterocycles. The molecule has 4 nitrogen and oxygen atoms in total. The number of carbonyl (C=O) groups excluding carboxylic acids is 1. The molecular formula is C17H21N3OS2. The maximum Gasteiger partial charge on any atom is 0.321 e. The fraction of sp³-hybridized carbons (Fsp3) is 0.412. The van der Waals surface area contributed by atoms with Crippen molar-refractivity contribution in [3.8, 4) is 0 Å². The molecule has 23 heavy (non-hydrogen) atoms. The zero-order valence-corrected chi connectivity index (χ0v) is 15.0. The van der Waals surface area contributed by atoms with Crippen LogP contribution >= 0.6 is 23.1 Å². The summed E-state index contributed by atoms with van der Waals surface area (Å²) in [6.07, 6.45) is 5.87. The summed E-state index contributed by atoms with van der Waals surface area (Å²) >= 11 is 3.37. The predicted octanol–water partition coefficient (Wildman–Crippen LogP) is 4.58. The van der Waals surface area contributed by atoms with Crippen LogP contribution in [0.15, 0.2) is 34.7 Å². The van der Waals surface area contributed by atoms with Crippen LogP contribution in [0.3, 0.4) is 0 Å². The summed E-state index contributed by atoms with van der Waals surface area (Å²) in [4.78, 5) is 20.0. The van der Waals surface area contributed by atoms with Gasteiger partial charge in [-0.15, -0.1) is 23.1 Å². The van der Waals surface area contributed by atoms with E-state index in [-0.39, 0.29) is 6.03 Å². The van der Waals surface area contributed by atoms with Gasteiger partial charge in [0.1, 0.15) is 0 Å². The number of thiazole rings is 1. The van der Waals surface area contributed by atoms with Crippen LogP contribution in [-0.4, -0.2) is 35.3 Å². The van der Waals surface area contributed by atoms with E-state index in [9.17, 15) is 4.79 Å². The molecule has 0 spiro atoms. The number of anilines is 1. The van der Waals surface area contributed by atoms with Crippen LogP contribution in [0.1, 0.15) is 29.3 Å². The van der Waals surface area contributed by atoms with Gasteiger partial charge in [-0.3, -0.25) is 0 Å². The minimum absolute atomic E-state index is 0.00666. The number of thioether (sulfide) groups is 1. The van der Waals surface area contributed by atoms with E-state index in [1.807, 2.05) is 47.9 Å². The average molecular weight is 348 g/mol. The second-order valence-corrected chi connectivity index (χ2v) is 7.49. The third-order valence-electron chi connectivity index (χ3n) is 4.27. The van der Waals surface area contributed by atoms with Gasteiger partial charge in [0.05, 0.1) is 10.7 Å². The minimum Gasteiger partial charge on any atom is -0.324 e. The third kappa shape index (κ3) is 3.70. The first-order valence-corrected chi connectivity index (χ1v) is 9.88. The van der Waals surface area contributed by atoms with Crippen molar-refractivity contribution in [1.82, 2.24) is 9.88 Å². The molecule has 1 saturated heterocycles. The minimum atomic E-state index is 0.00666. The fourth-order valence-electron chi connectivity index (χ4n) is 2.92. The van der Waals surface area contributed by atoms with Gasteiger partial charge in [-0.05, 0) is 37.7 Å². The van der Waals surface area contributed by atoms with Crippen LogP contribution in [-0.2, 0) is 0 Å². The van der Waals surface area contributed by atoms with Crippen LogP contribution in [0.25, 0.3) is 0 Å². The van der Waals surface area contributed by atoms with E-state index in [1.165, 1.54) is 5.01 Å². The van der Waals surface area contributed by atoms with E-state index in [0.717, 1.165) is 42.1 Å². The highest BCUT2D eigenvalue weighted by Gasteiger charge is 2.25. The zero-order valence-electron chi connectivity index (χ0n) is 13.4. The van der Waals surface area contributed by atoms with Gasteiger partial charge in [0.15, 0.2) is 0 Å². The van der Waals surface area contributed by atoms with Gasteiger partial charge in [0, 0.05) is 35.5 Å². The number of aromatic nitrogens is 1. The lowest BCUT2D eigenvalue weighted by Gasteiger charge is -2.31. The molecule has 0 radical (unpaired) electrons. The van der Waals surface area contributed by atoms with Crippen molar-refractivity contribution in [3.63, 3.8) is 0 Å². The Kier molecular flexibility index (Phi) is 5.23. The maximum atomic E-state index is 12.6. The Hall–Kier alpha value is -1.53. The van der Waals surface area contributed by atoms with Crippen molar-refractivity contribution in [3.05, 3.63) is 40.3 Å². The molecule has 6 heteroatoms. The molecule has 1 aromatic heterocycles. The number of rotatable bonds is 3. The van der Waals surface area contributed by atoms with Gasteiger partial charge in [-0.1, -0.05) is 12.1 Å². The Labute approximate surface area is 145 Å². The highest BCUT2D eigenvalue weighted by molar-refractivity contribution is 7.98. The molecule has 122 valence electrons. The van der Waals surface area contributed by atoms with Gasteiger partial charge in [0.25, 0.3) is 0 Å². The standard InChI is InChI=1S/C17H21N3OS2/c1-12-4-3-5-14(22-2)15(12)19-17(21)20-9-6-13(7-10-20)16-18-8-11-23-16/h3-5,8,11,13H,6-7,9-10H2,1-2H3,(H,19,21). The van der Waals surface area contributed by atoms with Crippen molar-refractivity contribution in [2.45, 2.75) is 30.6 Å². The molecule has 0 aliphatic carbocycles. The number of para-hydroxylation sites is 1. The highest BCUT2D eigenvalue weighted by atomic mass is 32.2. The molecule has 2 aromatic rings. The molecular weight excluding hydrogens is 326 g/mol. The first-order chi connectivity index (χ1) is 11.2. The number of nitrogens with one attached hydrogen (secondary N) is 1. The fourth-order valence-corrected chi connectivity index (χ4v) is 4.36. The van der Waals surface area contributed by atoms with Gasteiger partial charge in [0.2, 0.25) is 0 Å². The van der Waals surface area contributed by atoms with E-state index in [0.29, 0.717) is 5.92 Å². The molecule has 0 unspecified atom stereocenters. The monoisotopic (exact) mass is 347 g/mol. The van der Waals surface area contributed by atoms with Crippen molar-refractivity contribution in [2.75, 3.05) is 24.7 Å². The Bertz CT molecular complexity index is 664. The predicted molar refractivity (Wildman–Crippen MR) is 97.6 cm³/mol. The van der Waals surface area contributed by atoms with Crippen LogP contribution in [0.5, 0.6) is 0 Å². The number of hydrogen-bond donors (Lipinski definition) is 1. The second kappa shape index (κ2) is 7.36. The number of benzene rings is 1. The molecule has 3 rings (SSSR count). The van der Waals surface area contributed by atoms with E-state index in [1.54, 1.807) is 23.1 Å². The molecule has 0 atom stereocenters. The molecule has 0 bridgehead atoms. The van der Waals surface area contributed by atoms with Crippen LogP contribution < -0.4 is 5.32 Å². The van der Waals surface area contributed by atoms with Crippen molar-refractivity contribution >= 4 is 34.8 Å². The zero-order chi connectivity index (χ0) is 16.2. The van der Waals surface area contributed by atoms with Crippen molar-refractivity contribution < 1.29 is 4.79 Å². The summed E-state index contributed by atoms with van der Waals surface area (Å²) in [5.74, 6) is 0.499. The molecule has 1 aliphatic rings.